The molecule has 0 bridgehead atoms. The van der Waals surface area contributed by atoms with Gasteiger partial charge in [-0.25, -0.2) is 4.85 Å². The Balaban J connectivity index is 1.11. The van der Waals surface area contributed by atoms with Crippen LogP contribution in [0, 0.1) is 6.57 Å². The first-order chi connectivity index (χ1) is 16.7. The zero-order valence-electron chi connectivity index (χ0n) is 19.7. The number of pyridine rings is 2. The van der Waals surface area contributed by atoms with Crippen LogP contribution in [0.25, 0.3) is 26.7 Å². The number of hydrogen-bond acceptors (Lipinski definition) is 4. The molecular weight excluding hydrogens is 420 g/mol. The highest BCUT2D eigenvalue weighted by Crippen LogP contribution is 2.40. The molecule has 4 aromatic rings. The van der Waals surface area contributed by atoms with Crippen molar-refractivity contribution in [1.82, 2.24) is 19.4 Å². The van der Waals surface area contributed by atoms with Gasteiger partial charge in [0.25, 0.3) is 0 Å². The van der Waals surface area contributed by atoms with Crippen LogP contribution in [0.5, 0.6) is 0 Å². The zero-order valence-corrected chi connectivity index (χ0v) is 19.7. The van der Waals surface area contributed by atoms with E-state index in [9.17, 15) is 0 Å². The van der Waals surface area contributed by atoms with Crippen LogP contribution < -0.4 is 4.90 Å². The maximum Gasteiger partial charge on any atom is 0.187 e. The van der Waals surface area contributed by atoms with E-state index in [1.807, 2.05) is 30.7 Å². The third-order valence-corrected chi connectivity index (χ3v) is 7.93. The SMILES string of the molecule is [C-]#[N+]c1ccc2c(c1)c(C1CCC(N3CCN(c4cncc5cccnc45)CC3)CC1)cn2C. The molecule has 0 N–H and O–H groups in total. The van der Waals surface area contributed by atoms with Gasteiger partial charge in [0.15, 0.2) is 5.69 Å². The Kier molecular flexibility index (Phi) is 5.43. The fourth-order valence-electron chi connectivity index (χ4n) is 6.10. The normalized spacial score (nSPS) is 21.7. The second kappa shape index (κ2) is 8.73. The summed E-state index contributed by atoms with van der Waals surface area (Å²) in [5.74, 6) is 0.593. The maximum atomic E-state index is 7.39. The fraction of sp³-hybridized carbons (Fsp3) is 0.393. The molecule has 34 heavy (non-hydrogen) atoms. The van der Waals surface area contributed by atoms with Crippen LogP contribution in [0.2, 0.25) is 0 Å². The standard InChI is InChI=1S/C28H30N6/c1-29-22-7-10-26-24(16-22)25(19-32(26)2)20-5-8-23(9-6-20)33-12-14-34(15-13-33)27-18-30-17-21-4-3-11-31-28(21)27/h3-4,7,10-11,16-20,23H,5-6,8-9,12-15H2,2H3. The van der Waals surface area contributed by atoms with Gasteiger partial charge in [-0.1, -0.05) is 6.07 Å². The average Bonchev–Trinajstić information content (AvgIpc) is 3.24. The van der Waals surface area contributed by atoms with E-state index in [0.29, 0.717) is 12.0 Å². The number of anilines is 1. The van der Waals surface area contributed by atoms with Crippen molar-refractivity contribution < 1.29 is 0 Å². The first-order valence-corrected chi connectivity index (χ1v) is 12.4. The summed E-state index contributed by atoms with van der Waals surface area (Å²) in [6, 6.07) is 10.9. The third kappa shape index (κ3) is 3.70. The number of hydrogen-bond donors (Lipinski definition) is 0. The molecule has 0 radical (unpaired) electrons. The van der Waals surface area contributed by atoms with Crippen molar-refractivity contribution in [2.75, 3.05) is 31.1 Å². The minimum Gasteiger partial charge on any atom is -0.366 e. The Morgan fingerprint density at radius 3 is 2.62 bits per heavy atom. The van der Waals surface area contributed by atoms with Crippen LogP contribution >= 0.6 is 0 Å². The molecule has 0 unspecified atom stereocenters. The number of piperazine rings is 1. The van der Waals surface area contributed by atoms with Crippen LogP contribution in [-0.2, 0) is 7.05 Å². The minimum absolute atomic E-state index is 0.593. The summed E-state index contributed by atoms with van der Waals surface area (Å²) < 4.78 is 2.22. The molecule has 6 nitrogen and oxygen atoms in total. The molecule has 2 aliphatic rings. The van der Waals surface area contributed by atoms with E-state index in [1.54, 1.807) is 0 Å². The van der Waals surface area contributed by atoms with Crippen molar-refractivity contribution in [3.05, 3.63) is 72.1 Å². The van der Waals surface area contributed by atoms with E-state index in [0.717, 1.165) is 48.5 Å². The second-order valence-electron chi connectivity index (χ2n) is 9.77. The van der Waals surface area contributed by atoms with Gasteiger partial charge in [0, 0.05) is 68.8 Å². The number of benzene rings is 1. The van der Waals surface area contributed by atoms with Crippen molar-refractivity contribution in [3.63, 3.8) is 0 Å². The van der Waals surface area contributed by atoms with Crippen LogP contribution in [0.3, 0.4) is 0 Å². The lowest BCUT2D eigenvalue weighted by Gasteiger charge is -2.42. The van der Waals surface area contributed by atoms with Crippen LogP contribution in [0.15, 0.2) is 55.1 Å². The average molecular weight is 451 g/mol. The highest BCUT2D eigenvalue weighted by molar-refractivity contribution is 5.89. The number of aryl methyl sites for hydroxylation is 1. The highest BCUT2D eigenvalue weighted by atomic mass is 15.3. The molecule has 2 fully saturated rings. The van der Waals surface area contributed by atoms with Crippen molar-refractivity contribution >= 4 is 33.2 Å². The minimum atomic E-state index is 0.593. The Hall–Kier alpha value is -3.43. The number of fused-ring (bicyclic) bond motifs is 2. The summed E-state index contributed by atoms with van der Waals surface area (Å²) in [7, 11) is 2.12. The van der Waals surface area contributed by atoms with Gasteiger partial charge in [-0.3, -0.25) is 14.9 Å². The molecule has 1 aromatic carbocycles. The lowest BCUT2D eigenvalue weighted by molar-refractivity contribution is 0.141. The molecule has 1 saturated heterocycles. The van der Waals surface area contributed by atoms with Gasteiger partial charge in [0.05, 0.1) is 24.0 Å². The Morgan fingerprint density at radius 2 is 1.82 bits per heavy atom. The summed E-state index contributed by atoms with van der Waals surface area (Å²) >= 11 is 0. The molecule has 6 rings (SSSR count). The molecule has 0 amide bonds. The lowest BCUT2D eigenvalue weighted by atomic mass is 9.81. The summed E-state index contributed by atoms with van der Waals surface area (Å²) in [6.07, 6.45) is 13.0. The van der Waals surface area contributed by atoms with Gasteiger partial charge in [-0.05, 0) is 66.8 Å². The quantitative estimate of drug-likeness (QED) is 0.386. The zero-order chi connectivity index (χ0) is 23.1. The van der Waals surface area contributed by atoms with E-state index in [1.165, 1.54) is 42.1 Å². The topological polar surface area (TPSA) is 41.6 Å². The van der Waals surface area contributed by atoms with E-state index < -0.39 is 0 Å². The van der Waals surface area contributed by atoms with Gasteiger partial charge >= 0.3 is 0 Å². The second-order valence-corrected chi connectivity index (χ2v) is 9.77. The van der Waals surface area contributed by atoms with E-state index in [4.69, 9.17) is 6.57 Å². The van der Waals surface area contributed by atoms with Crippen molar-refractivity contribution in [2.24, 2.45) is 7.05 Å². The Bertz CT molecular complexity index is 1360. The van der Waals surface area contributed by atoms with Gasteiger partial charge in [0.1, 0.15) is 0 Å². The number of rotatable bonds is 3. The van der Waals surface area contributed by atoms with Gasteiger partial charge < -0.3 is 9.47 Å². The first kappa shape index (κ1) is 21.1. The van der Waals surface area contributed by atoms with E-state index >= 15 is 0 Å². The van der Waals surface area contributed by atoms with Crippen molar-refractivity contribution in [1.29, 1.82) is 0 Å². The summed E-state index contributed by atoms with van der Waals surface area (Å²) in [5, 5.41) is 2.38. The van der Waals surface area contributed by atoms with Crippen LogP contribution in [0.4, 0.5) is 11.4 Å². The van der Waals surface area contributed by atoms with Gasteiger partial charge in [-0.2, -0.15) is 0 Å². The van der Waals surface area contributed by atoms with Gasteiger partial charge in [0.2, 0.25) is 0 Å². The molecule has 172 valence electrons. The summed E-state index contributed by atoms with van der Waals surface area (Å²) in [4.78, 5) is 17.9. The van der Waals surface area contributed by atoms with Crippen molar-refractivity contribution in [2.45, 2.75) is 37.6 Å². The maximum absolute atomic E-state index is 7.39. The van der Waals surface area contributed by atoms with E-state index in [2.05, 4.69) is 60.6 Å². The fourth-order valence-corrected chi connectivity index (χ4v) is 6.10. The largest absolute Gasteiger partial charge is 0.366 e. The molecule has 3 aromatic heterocycles. The van der Waals surface area contributed by atoms with Gasteiger partial charge in [-0.15, -0.1) is 0 Å². The van der Waals surface area contributed by atoms with Crippen LogP contribution in [-0.4, -0.2) is 51.7 Å². The molecular formula is C28H30N6. The van der Waals surface area contributed by atoms with Crippen molar-refractivity contribution in [3.8, 4) is 0 Å². The predicted molar refractivity (Wildman–Crippen MR) is 138 cm³/mol. The smallest absolute Gasteiger partial charge is 0.187 e. The number of nitrogens with zero attached hydrogens (tertiary/aromatic N) is 6. The Labute approximate surface area is 200 Å². The molecule has 6 heteroatoms. The summed E-state index contributed by atoms with van der Waals surface area (Å²) in [6.45, 7) is 11.6. The molecule has 0 spiro atoms. The Morgan fingerprint density at radius 1 is 1.00 bits per heavy atom. The molecule has 4 heterocycles. The number of aromatic nitrogens is 3. The van der Waals surface area contributed by atoms with Crippen LogP contribution in [0.1, 0.15) is 37.2 Å². The summed E-state index contributed by atoms with van der Waals surface area (Å²) in [5.41, 5.74) is 5.63. The molecule has 0 atom stereocenters. The molecule has 1 aliphatic carbocycles. The molecule has 1 aliphatic heterocycles. The van der Waals surface area contributed by atoms with E-state index in [-0.39, 0.29) is 0 Å². The highest BCUT2D eigenvalue weighted by Gasteiger charge is 2.30. The molecule has 1 saturated carbocycles. The monoisotopic (exact) mass is 450 g/mol. The lowest BCUT2D eigenvalue weighted by Crippen LogP contribution is -2.51. The third-order valence-electron chi connectivity index (χ3n) is 7.93. The first-order valence-electron chi connectivity index (χ1n) is 12.4. The predicted octanol–water partition coefficient (Wildman–Crippen LogP) is 5.52.